The zero-order valence-electron chi connectivity index (χ0n) is 10.3. The average molecular weight is 283 g/mol. The van der Waals surface area contributed by atoms with Crippen molar-refractivity contribution in [1.82, 2.24) is 5.43 Å². The van der Waals surface area contributed by atoms with Crippen LogP contribution in [0.3, 0.4) is 0 Å². The maximum atomic E-state index is 13.8. The van der Waals surface area contributed by atoms with Gasteiger partial charge in [-0.25, -0.2) is 14.2 Å². The molecule has 2 aromatic rings. The van der Waals surface area contributed by atoms with Crippen LogP contribution in [0.15, 0.2) is 36.4 Å². The molecule has 2 rings (SSSR count). The molecule has 0 heterocycles. The number of nitrogens with two attached hydrogens (primary N) is 1. The summed E-state index contributed by atoms with van der Waals surface area (Å²) >= 11 is 5.95. The summed E-state index contributed by atoms with van der Waals surface area (Å²) in [6.07, 6.45) is 0. The fourth-order valence-electron chi connectivity index (χ4n) is 1.95. The number of rotatable bonds is 3. The highest BCUT2D eigenvalue weighted by Crippen LogP contribution is 2.27. The van der Waals surface area contributed by atoms with Crippen molar-refractivity contribution in [3.8, 4) is 0 Å². The van der Waals surface area contributed by atoms with E-state index in [0.29, 0.717) is 5.02 Å². The molecule has 100 valence electrons. The molecule has 0 aromatic heterocycles. The molecule has 5 heteroatoms. The Morgan fingerprint density at radius 1 is 1.16 bits per heavy atom. The van der Waals surface area contributed by atoms with E-state index < -0.39 is 17.7 Å². The SMILES string of the molecule is Cc1cc(C(NN)c2ccc(F)cc2F)ccc1Cl. The first-order valence-electron chi connectivity index (χ1n) is 5.70. The predicted octanol–water partition coefficient (Wildman–Crippen LogP) is 3.48. The molecule has 19 heavy (non-hydrogen) atoms. The Morgan fingerprint density at radius 2 is 1.89 bits per heavy atom. The van der Waals surface area contributed by atoms with Gasteiger partial charge in [-0.05, 0) is 30.2 Å². The average Bonchev–Trinajstić information content (AvgIpc) is 2.37. The van der Waals surface area contributed by atoms with Gasteiger partial charge in [0.05, 0.1) is 6.04 Å². The van der Waals surface area contributed by atoms with Crippen LogP contribution in [0.25, 0.3) is 0 Å². The number of halogens is 3. The minimum Gasteiger partial charge on any atom is -0.271 e. The molecule has 0 saturated heterocycles. The third kappa shape index (κ3) is 2.92. The molecule has 2 nitrogen and oxygen atoms in total. The largest absolute Gasteiger partial charge is 0.271 e. The highest BCUT2D eigenvalue weighted by molar-refractivity contribution is 6.31. The second kappa shape index (κ2) is 5.65. The van der Waals surface area contributed by atoms with E-state index in [1.807, 2.05) is 13.0 Å². The van der Waals surface area contributed by atoms with Crippen LogP contribution < -0.4 is 11.3 Å². The molecule has 1 unspecified atom stereocenters. The summed E-state index contributed by atoms with van der Waals surface area (Å²) in [5.41, 5.74) is 4.44. The molecule has 0 spiro atoms. The number of nitrogens with one attached hydrogen (secondary N) is 1. The van der Waals surface area contributed by atoms with E-state index in [1.165, 1.54) is 12.1 Å². The maximum absolute atomic E-state index is 13.8. The zero-order valence-corrected chi connectivity index (χ0v) is 11.0. The van der Waals surface area contributed by atoms with Crippen molar-refractivity contribution >= 4 is 11.6 Å². The van der Waals surface area contributed by atoms with Crippen molar-refractivity contribution < 1.29 is 8.78 Å². The summed E-state index contributed by atoms with van der Waals surface area (Å²) in [5.74, 6) is 4.22. The van der Waals surface area contributed by atoms with E-state index in [9.17, 15) is 8.78 Å². The van der Waals surface area contributed by atoms with Gasteiger partial charge >= 0.3 is 0 Å². The third-order valence-electron chi connectivity index (χ3n) is 2.96. The summed E-state index contributed by atoms with van der Waals surface area (Å²) in [4.78, 5) is 0. The van der Waals surface area contributed by atoms with Crippen molar-refractivity contribution in [2.75, 3.05) is 0 Å². The highest BCUT2D eigenvalue weighted by Gasteiger charge is 2.17. The number of hydrogen-bond donors (Lipinski definition) is 2. The van der Waals surface area contributed by atoms with Crippen LogP contribution in [0.4, 0.5) is 8.78 Å². The lowest BCUT2D eigenvalue weighted by molar-refractivity contribution is 0.541. The number of benzene rings is 2. The monoisotopic (exact) mass is 282 g/mol. The van der Waals surface area contributed by atoms with Gasteiger partial charge in [-0.15, -0.1) is 0 Å². The van der Waals surface area contributed by atoms with Gasteiger partial charge in [0.25, 0.3) is 0 Å². The summed E-state index contributed by atoms with van der Waals surface area (Å²) < 4.78 is 26.7. The van der Waals surface area contributed by atoms with Gasteiger partial charge in [0.2, 0.25) is 0 Å². The van der Waals surface area contributed by atoms with Crippen molar-refractivity contribution in [3.63, 3.8) is 0 Å². The van der Waals surface area contributed by atoms with Gasteiger partial charge < -0.3 is 0 Å². The van der Waals surface area contributed by atoms with Crippen LogP contribution >= 0.6 is 11.6 Å². The molecule has 0 aliphatic carbocycles. The van der Waals surface area contributed by atoms with E-state index in [0.717, 1.165) is 17.2 Å². The summed E-state index contributed by atoms with van der Waals surface area (Å²) in [6.45, 7) is 1.85. The molecule has 0 fully saturated rings. The first kappa shape index (κ1) is 13.9. The van der Waals surface area contributed by atoms with Crippen LogP contribution in [0, 0.1) is 18.6 Å². The van der Waals surface area contributed by atoms with E-state index in [1.54, 1.807) is 12.1 Å². The lowest BCUT2D eigenvalue weighted by atomic mass is 9.97. The molecule has 1 atom stereocenters. The molecule has 3 N–H and O–H groups in total. The van der Waals surface area contributed by atoms with Gasteiger partial charge in [-0.1, -0.05) is 29.8 Å². The van der Waals surface area contributed by atoms with Gasteiger partial charge in [0.1, 0.15) is 11.6 Å². The van der Waals surface area contributed by atoms with Crippen LogP contribution in [0.2, 0.25) is 5.02 Å². The summed E-state index contributed by atoms with van der Waals surface area (Å²) in [5, 5.41) is 0.624. The third-order valence-corrected chi connectivity index (χ3v) is 3.38. The van der Waals surface area contributed by atoms with E-state index in [-0.39, 0.29) is 5.56 Å². The van der Waals surface area contributed by atoms with E-state index >= 15 is 0 Å². The zero-order chi connectivity index (χ0) is 14.0. The second-order valence-corrected chi connectivity index (χ2v) is 4.68. The Morgan fingerprint density at radius 3 is 2.47 bits per heavy atom. The number of hydrazine groups is 1. The Kier molecular flexibility index (Phi) is 4.14. The van der Waals surface area contributed by atoms with Crippen molar-refractivity contribution in [1.29, 1.82) is 0 Å². The minimum absolute atomic E-state index is 0.283. The first-order valence-corrected chi connectivity index (χ1v) is 6.08. The number of aryl methyl sites for hydroxylation is 1. The number of hydrogen-bond acceptors (Lipinski definition) is 2. The predicted molar refractivity (Wildman–Crippen MR) is 71.7 cm³/mol. The minimum atomic E-state index is -0.643. The topological polar surface area (TPSA) is 38.0 Å². The van der Waals surface area contributed by atoms with E-state index in [4.69, 9.17) is 17.4 Å². The summed E-state index contributed by atoms with van der Waals surface area (Å²) in [7, 11) is 0. The Bertz CT molecular complexity index is 602. The van der Waals surface area contributed by atoms with Crippen LogP contribution in [-0.2, 0) is 0 Å². The molecule has 0 saturated carbocycles. The maximum Gasteiger partial charge on any atom is 0.131 e. The van der Waals surface area contributed by atoms with Gasteiger partial charge in [0, 0.05) is 16.7 Å². The van der Waals surface area contributed by atoms with Crippen LogP contribution in [0.1, 0.15) is 22.7 Å². The molecule has 0 bridgehead atoms. The first-order chi connectivity index (χ1) is 9.02. The molecule has 0 aliphatic rings. The van der Waals surface area contributed by atoms with Crippen LogP contribution in [-0.4, -0.2) is 0 Å². The fraction of sp³-hybridized carbons (Fsp3) is 0.143. The molecule has 0 amide bonds. The van der Waals surface area contributed by atoms with Crippen LogP contribution in [0.5, 0.6) is 0 Å². The van der Waals surface area contributed by atoms with Crippen molar-refractivity contribution in [2.24, 2.45) is 5.84 Å². The Hall–Kier alpha value is -1.49. The van der Waals surface area contributed by atoms with Crippen molar-refractivity contribution in [3.05, 3.63) is 69.7 Å². The lowest BCUT2D eigenvalue weighted by Crippen LogP contribution is -2.29. The quantitative estimate of drug-likeness (QED) is 0.668. The van der Waals surface area contributed by atoms with Gasteiger partial charge in [0.15, 0.2) is 0 Å². The smallest absolute Gasteiger partial charge is 0.131 e. The molecule has 0 radical (unpaired) electrons. The molecular formula is C14H13ClF2N2. The normalized spacial score (nSPS) is 12.5. The molecule has 0 aliphatic heterocycles. The highest BCUT2D eigenvalue weighted by atomic mass is 35.5. The Labute approximate surface area is 115 Å². The molecule has 2 aromatic carbocycles. The van der Waals surface area contributed by atoms with E-state index in [2.05, 4.69) is 5.43 Å². The molecular weight excluding hydrogens is 270 g/mol. The lowest BCUT2D eigenvalue weighted by Gasteiger charge is -2.18. The Balaban J connectivity index is 2.46. The second-order valence-electron chi connectivity index (χ2n) is 4.27. The van der Waals surface area contributed by atoms with Gasteiger partial charge in [-0.3, -0.25) is 5.84 Å². The van der Waals surface area contributed by atoms with Crippen molar-refractivity contribution in [2.45, 2.75) is 13.0 Å². The fourth-order valence-corrected chi connectivity index (χ4v) is 2.07. The van der Waals surface area contributed by atoms with Gasteiger partial charge in [-0.2, -0.15) is 0 Å². The summed E-state index contributed by atoms with van der Waals surface area (Å²) in [6, 6.07) is 8.14. The standard InChI is InChI=1S/C14H13ClF2N2/c1-8-6-9(2-5-12(8)15)14(19-18)11-4-3-10(16)7-13(11)17/h2-7,14,19H,18H2,1H3.